The molecule has 2 atom stereocenters. The van der Waals surface area contributed by atoms with Gasteiger partial charge in [0.25, 0.3) is 0 Å². The zero-order valence-electron chi connectivity index (χ0n) is 20.6. The van der Waals surface area contributed by atoms with E-state index in [0.717, 1.165) is 23.1 Å². The lowest BCUT2D eigenvalue weighted by molar-refractivity contribution is -0.139. The van der Waals surface area contributed by atoms with Crippen molar-refractivity contribution >= 4 is 46.8 Å². The summed E-state index contributed by atoms with van der Waals surface area (Å²) in [5.74, 6) is 0.582. The Morgan fingerprint density at radius 3 is 2.33 bits per heavy atom. The molecule has 3 aromatic rings. The monoisotopic (exact) mass is 542 g/mol. The SMILES string of the molecule is CC[C@H](C)NC(=O)[C@H](Cc1ccccc1)N(Cc1cccc(Cl)c1)C(=O)CSCc1ccccc1Cl. The second-order valence-electron chi connectivity index (χ2n) is 8.76. The van der Waals surface area contributed by atoms with Gasteiger partial charge in [0.15, 0.2) is 0 Å². The van der Waals surface area contributed by atoms with E-state index in [-0.39, 0.29) is 30.2 Å². The minimum absolute atomic E-state index is 0.00786. The van der Waals surface area contributed by atoms with Crippen molar-refractivity contribution < 1.29 is 9.59 Å². The second kappa shape index (κ2) is 14.3. The van der Waals surface area contributed by atoms with E-state index in [1.807, 2.05) is 86.6 Å². The van der Waals surface area contributed by atoms with Gasteiger partial charge in [0.2, 0.25) is 11.8 Å². The molecule has 0 heterocycles. The maximum absolute atomic E-state index is 13.7. The number of benzene rings is 3. The number of hydrogen-bond donors (Lipinski definition) is 1. The molecular formula is C29H32Cl2N2O2S. The highest BCUT2D eigenvalue weighted by Gasteiger charge is 2.31. The highest BCUT2D eigenvalue weighted by Crippen LogP contribution is 2.23. The molecule has 0 radical (unpaired) electrons. The molecule has 0 aliphatic rings. The summed E-state index contributed by atoms with van der Waals surface area (Å²) in [6.07, 6.45) is 1.23. The van der Waals surface area contributed by atoms with E-state index >= 15 is 0 Å². The van der Waals surface area contributed by atoms with Crippen LogP contribution in [0.15, 0.2) is 78.9 Å². The first-order valence-corrected chi connectivity index (χ1v) is 14.0. The molecule has 0 aromatic heterocycles. The largest absolute Gasteiger partial charge is 0.352 e. The fourth-order valence-electron chi connectivity index (χ4n) is 3.77. The van der Waals surface area contributed by atoms with E-state index in [1.165, 1.54) is 11.8 Å². The molecule has 0 saturated carbocycles. The fourth-order valence-corrected chi connectivity index (χ4v) is 5.18. The zero-order chi connectivity index (χ0) is 25.9. The molecule has 0 aliphatic carbocycles. The molecular weight excluding hydrogens is 511 g/mol. The molecule has 36 heavy (non-hydrogen) atoms. The maximum Gasteiger partial charge on any atom is 0.243 e. The van der Waals surface area contributed by atoms with Crippen LogP contribution < -0.4 is 5.32 Å². The van der Waals surface area contributed by atoms with Crippen LogP contribution in [0.2, 0.25) is 10.0 Å². The molecule has 0 spiro atoms. The summed E-state index contributed by atoms with van der Waals surface area (Å²) in [7, 11) is 0. The fraction of sp³-hybridized carbons (Fsp3) is 0.310. The Balaban J connectivity index is 1.86. The minimum atomic E-state index is -0.659. The van der Waals surface area contributed by atoms with Crippen LogP contribution in [0.25, 0.3) is 0 Å². The van der Waals surface area contributed by atoms with Gasteiger partial charge in [-0.05, 0) is 48.2 Å². The van der Waals surface area contributed by atoms with Crippen LogP contribution in [0.3, 0.4) is 0 Å². The van der Waals surface area contributed by atoms with Crippen LogP contribution in [0.5, 0.6) is 0 Å². The molecule has 1 N–H and O–H groups in total. The van der Waals surface area contributed by atoms with Gasteiger partial charge in [0.1, 0.15) is 6.04 Å². The molecule has 0 unspecified atom stereocenters. The Kier molecular flexibility index (Phi) is 11.2. The Bertz CT molecular complexity index is 1140. The topological polar surface area (TPSA) is 49.4 Å². The predicted molar refractivity (Wildman–Crippen MR) is 151 cm³/mol. The first-order chi connectivity index (χ1) is 17.4. The van der Waals surface area contributed by atoms with Gasteiger partial charge in [-0.15, -0.1) is 11.8 Å². The number of hydrogen-bond acceptors (Lipinski definition) is 3. The molecule has 7 heteroatoms. The number of halogens is 2. The van der Waals surface area contributed by atoms with Crippen molar-refractivity contribution in [3.8, 4) is 0 Å². The number of rotatable bonds is 12. The van der Waals surface area contributed by atoms with Gasteiger partial charge < -0.3 is 10.2 Å². The van der Waals surface area contributed by atoms with Gasteiger partial charge >= 0.3 is 0 Å². The van der Waals surface area contributed by atoms with Crippen LogP contribution in [-0.2, 0) is 28.3 Å². The van der Waals surface area contributed by atoms with Crippen LogP contribution in [0.1, 0.15) is 37.0 Å². The summed E-state index contributed by atoms with van der Waals surface area (Å²) in [6.45, 7) is 4.29. The molecule has 4 nitrogen and oxygen atoms in total. The summed E-state index contributed by atoms with van der Waals surface area (Å²) in [4.78, 5) is 28.9. The van der Waals surface area contributed by atoms with Gasteiger partial charge in [0.05, 0.1) is 5.75 Å². The average Bonchev–Trinajstić information content (AvgIpc) is 2.87. The quantitative estimate of drug-likeness (QED) is 0.274. The van der Waals surface area contributed by atoms with E-state index in [9.17, 15) is 9.59 Å². The summed E-state index contributed by atoms with van der Waals surface area (Å²) in [5.41, 5.74) is 2.85. The average molecular weight is 544 g/mol. The van der Waals surface area contributed by atoms with Crippen molar-refractivity contribution in [2.24, 2.45) is 0 Å². The highest BCUT2D eigenvalue weighted by molar-refractivity contribution is 7.99. The number of carbonyl (C=O) groups is 2. The molecule has 190 valence electrons. The van der Waals surface area contributed by atoms with E-state index in [0.29, 0.717) is 22.2 Å². The normalized spacial score (nSPS) is 12.6. The summed E-state index contributed by atoms with van der Waals surface area (Å²) < 4.78 is 0. The molecule has 3 aromatic carbocycles. The second-order valence-corrected chi connectivity index (χ2v) is 10.6. The third-order valence-corrected chi connectivity index (χ3v) is 7.53. The predicted octanol–water partition coefficient (Wildman–Crippen LogP) is 6.78. The number of nitrogens with zero attached hydrogens (tertiary/aromatic N) is 1. The van der Waals surface area contributed by atoms with E-state index in [2.05, 4.69) is 5.32 Å². The lowest BCUT2D eigenvalue weighted by atomic mass is 10.0. The molecule has 0 bridgehead atoms. The Labute approximate surface area is 228 Å². The molecule has 0 saturated heterocycles. The van der Waals surface area contributed by atoms with Crippen LogP contribution in [0, 0.1) is 0 Å². The zero-order valence-corrected chi connectivity index (χ0v) is 23.0. The van der Waals surface area contributed by atoms with Gasteiger partial charge in [-0.3, -0.25) is 9.59 Å². The molecule has 2 amide bonds. The molecule has 0 fully saturated rings. The van der Waals surface area contributed by atoms with Crippen molar-refractivity contribution in [3.05, 3.63) is 106 Å². The minimum Gasteiger partial charge on any atom is -0.352 e. The summed E-state index contributed by atoms with van der Waals surface area (Å²) in [5, 5.41) is 4.37. The van der Waals surface area contributed by atoms with Crippen molar-refractivity contribution in [2.75, 3.05) is 5.75 Å². The van der Waals surface area contributed by atoms with Gasteiger partial charge in [-0.2, -0.15) is 0 Å². The number of thioether (sulfide) groups is 1. The van der Waals surface area contributed by atoms with Gasteiger partial charge in [0, 0.05) is 34.8 Å². The van der Waals surface area contributed by atoms with Crippen LogP contribution in [0.4, 0.5) is 0 Å². The van der Waals surface area contributed by atoms with E-state index in [4.69, 9.17) is 23.2 Å². The van der Waals surface area contributed by atoms with Gasteiger partial charge in [-0.1, -0.05) is 90.8 Å². The standard InChI is InChI=1S/C29H32Cl2N2O2S/c1-3-21(2)32-29(35)27(17-22-10-5-4-6-11-22)33(18-23-12-9-14-25(30)16-23)28(34)20-36-19-24-13-7-8-15-26(24)31/h4-16,21,27H,3,17-20H2,1-2H3,(H,32,35)/t21-,27-/m0/s1. The lowest BCUT2D eigenvalue weighted by Crippen LogP contribution is -2.52. The first kappa shape index (κ1) is 28.1. The van der Waals surface area contributed by atoms with Crippen LogP contribution >= 0.6 is 35.0 Å². The maximum atomic E-state index is 13.7. The van der Waals surface area contributed by atoms with E-state index < -0.39 is 6.04 Å². The first-order valence-electron chi connectivity index (χ1n) is 12.1. The third-order valence-electron chi connectivity index (χ3n) is 5.96. The van der Waals surface area contributed by atoms with Crippen molar-refractivity contribution in [1.29, 1.82) is 0 Å². The lowest BCUT2D eigenvalue weighted by Gasteiger charge is -2.32. The third kappa shape index (κ3) is 8.58. The molecule has 3 rings (SSSR count). The van der Waals surface area contributed by atoms with Crippen molar-refractivity contribution in [1.82, 2.24) is 10.2 Å². The number of carbonyl (C=O) groups excluding carboxylic acids is 2. The Hall–Kier alpha value is -2.47. The summed E-state index contributed by atoms with van der Waals surface area (Å²) >= 11 is 14.0. The van der Waals surface area contributed by atoms with Crippen LogP contribution in [-0.4, -0.2) is 34.6 Å². The summed E-state index contributed by atoms with van der Waals surface area (Å²) in [6, 6.07) is 24.2. The highest BCUT2D eigenvalue weighted by atomic mass is 35.5. The number of nitrogens with one attached hydrogen (secondary N) is 1. The van der Waals surface area contributed by atoms with Crippen molar-refractivity contribution in [3.63, 3.8) is 0 Å². The van der Waals surface area contributed by atoms with Gasteiger partial charge in [-0.25, -0.2) is 0 Å². The number of amides is 2. The Morgan fingerprint density at radius 2 is 1.64 bits per heavy atom. The Morgan fingerprint density at radius 1 is 0.944 bits per heavy atom. The van der Waals surface area contributed by atoms with Crippen molar-refractivity contribution in [2.45, 2.75) is 51.1 Å². The smallest absolute Gasteiger partial charge is 0.243 e. The van der Waals surface area contributed by atoms with E-state index in [1.54, 1.807) is 11.0 Å². The molecule has 0 aliphatic heterocycles.